The molecule has 0 N–H and O–H groups in total. The molecule has 0 saturated heterocycles. The van der Waals surface area contributed by atoms with Crippen molar-refractivity contribution >= 4 is 17.0 Å². The normalized spacial score (nSPS) is 11.0. The molecule has 3 rings (SSSR count). The van der Waals surface area contributed by atoms with Crippen LogP contribution in [-0.2, 0) is 0 Å². The fraction of sp³-hybridized carbons (Fsp3) is 0.0556. The number of fused-ring (bicyclic) bond motifs is 1. The van der Waals surface area contributed by atoms with Crippen molar-refractivity contribution < 1.29 is 9.15 Å². The van der Waals surface area contributed by atoms with Gasteiger partial charge in [-0.25, -0.2) is 4.79 Å². The maximum atomic E-state index is 11.8. The maximum Gasteiger partial charge on any atom is 0.379 e. The highest BCUT2D eigenvalue weighted by Crippen LogP contribution is 2.16. The minimum Gasteiger partial charge on any atom is -0.482 e. The van der Waals surface area contributed by atoms with E-state index in [1.165, 1.54) is 0 Å². The average molecular weight is 278 g/mol. The highest BCUT2D eigenvalue weighted by atomic mass is 16.5. The molecule has 0 radical (unpaired) electrons. The van der Waals surface area contributed by atoms with Gasteiger partial charge in [0.05, 0.1) is 0 Å². The van der Waals surface area contributed by atoms with Crippen molar-refractivity contribution in [2.45, 2.75) is 0 Å². The molecule has 0 aliphatic heterocycles. The van der Waals surface area contributed by atoms with Crippen LogP contribution in [0, 0.1) is 0 Å². The van der Waals surface area contributed by atoms with Gasteiger partial charge < -0.3 is 9.15 Å². The van der Waals surface area contributed by atoms with Crippen LogP contribution in [0.15, 0.2) is 76.0 Å². The monoisotopic (exact) mass is 278 g/mol. The number of ether oxygens (including phenoxy) is 1. The van der Waals surface area contributed by atoms with E-state index in [2.05, 4.69) is 0 Å². The van der Waals surface area contributed by atoms with Crippen LogP contribution in [-0.4, -0.2) is 6.61 Å². The minimum atomic E-state index is -0.457. The van der Waals surface area contributed by atoms with Gasteiger partial charge in [-0.3, -0.25) is 0 Å². The summed E-state index contributed by atoms with van der Waals surface area (Å²) in [4.78, 5) is 11.8. The number of hydrogen-bond donors (Lipinski definition) is 0. The lowest BCUT2D eigenvalue weighted by Gasteiger charge is -2.03. The van der Waals surface area contributed by atoms with Crippen molar-refractivity contribution in [1.82, 2.24) is 0 Å². The van der Waals surface area contributed by atoms with Gasteiger partial charge in [0, 0.05) is 5.39 Å². The van der Waals surface area contributed by atoms with E-state index in [0.29, 0.717) is 12.2 Å². The van der Waals surface area contributed by atoms with Gasteiger partial charge in [-0.15, -0.1) is 0 Å². The molecule has 1 heterocycles. The third kappa shape index (κ3) is 3.20. The second kappa shape index (κ2) is 6.09. The Kier molecular flexibility index (Phi) is 3.83. The van der Waals surface area contributed by atoms with E-state index >= 15 is 0 Å². The van der Waals surface area contributed by atoms with E-state index in [4.69, 9.17) is 9.15 Å². The van der Waals surface area contributed by atoms with Crippen molar-refractivity contribution in [3.63, 3.8) is 0 Å². The van der Waals surface area contributed by atoms with Crippen LogP contribution in [0.4, 0.5) is 0 Å². The van der Waals surface area contributed by atoms with Crippen LogP contribution in [0.25, 0.3) is 17.0 Å². The molecule has 0 aliphatic carbocycles. The molecule has 3 heteroatoms. The second-order valence-corrected chi connectivity index (χ2v) is 4.56. The molecule has 0 spiro atoms. The smallest absolute Gasteiger partial charge is 0.379 e. The fourth-order valence-corrected chi connectivity index (χ4v) is 2.03. The average Bonchev–Trinajstić information content (AvgIpc) is 2.53. The van der Waals surface area contributed by atoms with Crippen LogP contribution < -0.4 is 10.4 Å². The second-order valence-electron chi connectivity index (χ2n) is 4.56. The molecule has 0 amide bonds. The van der Waals surface area contributed by atoms with Gasteiger partial charge in [0.2, 0.25) is 5.75 Å². The summed E-state index contributed by atoms with van der Waals surface area (Å²) in [5.74, 6) is 0.228. The van der Waals surface area contributed by atoms with Gasteiger partial charge >= 0.3 is 5.63 Å². The summed E-state index contributed by atoms with van der Waals surface area (Å²) < 4.78 is 10.7. The molecular weight excluding hydrogens is 264 g/mol. The van der Waals surface area contributed by atoms with Crippen molar-refractivity contribution in [3.05, 3.63) is 82.7 Å². The van der Waals surface area contributed by atoms with Crippen molar-refractivity contribution in [3.8, 4) is 5.75 Å². The first-order chi connectivity index (χ1) is 10.3. The number of rotatable bonds is 4. The Morgan fingerprint density at radius 2 is 1.76 bits per heavy atom. The molecule has 3 aromatic rings. The Morgan fingerprint density at radius 3 is 2.62 bits per heavy atom. The lowest BCUT2D eigenvalue weighted by atomic mass is 10.2. The van der Waals surface area contributed by atoms with Crippen molar-refractivity contribution in [2.24, 2.45) is 0 Å². The summed E-state index contributed by atoms with van der Waals surface area (Å²) in [6.07, 6.45) is 3.81. The van der Waals surface area contributed by atoms with Crippen LogP contribution in [0.3, 0.4) is 0 Å². The number of para-hydroxylation sites is 1. The lowest BCUT2D eigenvalue weighted by molar-refractivity contribution is 0.342. The Hall–Kier alpha value is -2.81. The molecule has 104 valence electrons. The fourth-order valence-electron chi connectivity index (χ4n) is 2.03. The van der Waals surface area contributed by atoms with Crippen LogP contribution in [0.5, 0.6) is 5.75 Å². The summed E-state index contributed by atoms with van der Waals surface area (Å²) in [5, 5.41) is 0.846. The van der Waals surface area contributed by atoms with Crippen LogP contribution in [0.1, 0.15) is 5.56 Å². The molecule has 0 unspecified atom stereocenters. The summed E-state index contributed by atoms with van der Waals surface area (Å²) >= 11 is 0. The standard InChI is InChI=1S/C18H14O3/c19-18-17(13-15-10-4-5-11-16(15)21-18)20-12-6-9-14-7-2-1-3-8-14/h1-11,13H,12H2. The Labute approximate surface area is 122 Å². The number of benzene rings is 2. The van der Waals surface area contributed by atoms with E-state index in [1.54, 1.807) is 12.1 Å². The number of hydrogen-bond acceptors (Lipinski definition) is 3. The Bertz CT molecular complexity index is 816. The van der Waals surface area contributed by atoms with Gasteiger partial charge in [-0.2, -0.15) is 0 Å². The molecule has 2 aromatic carbocycles. The molecule has 1 aromatic heterocycles. The molecule has 21 heavy (non-hydrogen) atoms. The zero-order valence-electron chi connectivity index (χ0n) is 11.4. The summed E-state index contributed by atoms with van der Waals surface area (Å²) in [6, 6.07) is 19.0. The van der Waals surface area contributed by atoms with Gasteiger partial charge in [-0.05, 0) is 23.8 Å². The summed E-state index contributed by atoms with van der Waals surface area (Å²) in [7, 11) is 0. The quantitative estimate of drug-likeness (QED) is 0.680. The van der Waals surface area contributed by atoms with E-state index in [1.807, 2.05) is 60.7 Å². The predicted octanol–water partition coefficient (Wildman–Crippen LogP) is 3.89. The first kappa shape index (κ1) is 13.2. The maximum absolute atomic E-state index is 11.8. The van der Waals surface area contributed by atoms with E-state index in [-0.39, 0.29) is 5.75 Å². The largest absolute Gasteiger partial charge is 0.482 e. The predicted molar refractivity (Wildman–Crippen MR) is 83.5 cm³/mol. The molecule has 0 fully saturated rings. The first-order valence-electron chi connectivity index (χ1n) is 6.70. The molecular formula is C18H14O3. The molecule has 0 bridgehead atoms. The molecule has 0 aliphatic rings. The highest BCUT2D eigenvalue weighted by molar-refractivity contribution is 5.77. The highest BCUT2D eigenvalue weighted by Gasteiger charge is 2.04. The van der Waals surface area contributed by atoms with Crippen molar-refractivity contribution in [2.75, 3.05) is 6.61 Å². The van der Waals surface area contributed by atoms with E-state index in [9.17, 15) is 4.79 Å². The van der Waals surface area contributed by atoms with Gasteiger partial charge in [0.25, 0.3) is 0 Å². The topological polar surface area (TPSA) is 39.4 Å². The van der Waals surface area contributed by atoms with E-state index < -0.39 is 5.63 Å². The van der Waals surface area contributed by atoms with Crippen LogP contribution in [0.2, 0.25) is 0 Å². The van der Waals surface area contributed by atoms with Crippen molar-refractivity contribution in [1.29, 1.82) is 0 Å². The summed E-state index contributed by atoms with van der Waals surface area (Å²) in [6.45, 7) is 0.317. The Balaban J connectivity index is 1.72. The first-order valence-corrected chi connectivity index (χ1v) is 6.70. The summed E-state index contributed by atoms with van der Waals surface area (Å²) in [5.41, 5.74) is 1.20. The third-order valence-electron chi connectivity index (χ3n) is 3.05. The minimum absolute atomic E-state index is 0.228. The molecule has 0 atom stereocenters. The third-order valence-corrected chi connectivity index (χ3v) is 3.05. The molecule has 0 saturated carbocycles. The Morgan fingerprint density at radius 1 is 1.00 bits per heavy atom. The zero-order valence-corrected chi connectivity index (χ0v) is 11.4. The van der Waals surface area contributed by atoms with Crippen LogP contribution >= 0.6 is 0 Å². The SMILES string of the molecule is O=c1oc2ccccc2cc1OCC=Cc1ccccc1. The van der Waals surface area contributed by atoms with E-state index in [0.717, 1.165) is 10.9 Å². The zero-order chi connectivity index (χ0) is 14.5. The van der Waals surface area contributed by atoms with Gasteiger partial charge in [0.15, 0.2) is 0 Å². The van der Waals surface area contributed by atoms with Gasteiger partial charge in [0.1, 0.15) is 12.2 Å². The molecule has 3 nitrogen and oxygen atoms in total. The lowest BCUT2D eigenvalue weighted by Crippen LogP contribution is -2.06. The van der Waals surface area contributed by atoms with Gasteiger partial charge in [-0.1, -0.05) is 54.6 Å².